The number of nitrogens with zero attached hydrogens (tertiary/aromatic N) is 1. The van der Waals surface area contributed by atoms with E-state index >= 15 is 0 Å². The summed E-state index contributed by atoms with van der Waals surface area (Å²) in [5, 5.41) is 9.17. The molecule has 3 aromatic carbocycles. The minimum absolute atomic E-state index is 0.0907. The third kappa shape index (κ3) is 6.19. The van der Waals surface area contributed by atoms with Crippen molar-refractivity contribution in [1.29, 1.82) is 5.26 Å². The first-order chi connectivity index (χ1) is 15.4. The van der Waals surface area contributed by atoms with Crippen molar-refractivity contribution < 1.29 is 17.9 Å². The molecule has 0 saturated heterocycles. The minimum Gasteiger partial charge on any atom is -0.469 e. The second-order valence-corrected chi connectivity index (χ2v) is 9.05. The number of methoxy groups -OCH3 is 1. The van der Waals surface area contributed by atoms with Gasteiger partial charge in [-0.3, -0.25) is 9.52 Å². The van der Waals surface area contributed by atoms with Gasteiger partial charge in [0.1, 0.15) is 0 Å². The molecule has 0 aliphatic carbocycles. The maximum atomic E-state index is 12.5. The Labute approximate surface area is 188 Å². The van der Waals surface area contributed by atoms with Crippen LogP contribution in [0.2, 0.25) is 0 Å². The lowest BCUT2D eigenvalue weighted by molar-refractivity contribution is -0.141. The van der Waals surface area contributed by atoms with Crippen LogP contribution in [0.25, 0.3) is 0 Å². The van der Waals surface area contributed by atoms with E-state index in [1.165, 1.54) is 7.11 Å². The molecule has 3 aromatic rings. The number of nitriles is 1. The normalized spacial score (nSPS) is 11.9. The summed E-state index contributed by atoms with van der Waals surface area (Å²) in [7, 11) is -2.28. The van der Waals surface area contributed by atoms with Crippen molar-refractivity contribution in [2.45, 2.75) is 30.1 Å². The van der Waals surface area contributed by atoms with Crippen LogP contribution < -0.4 is 4.72 Å². The number of benzene rings is 3. The first-order valence-corrected chi connectivity index (χ1v) is 11.6. The zero-order valence-electron chi connectivity index (χ0n) is 17.7. The summed E-state index contributed by atoms with van der Waals surface area (Å²) in [6, 6.07) is 24.8. The van der Waals surface area contributed by atoms with Crippen LogP contribution in [0.4, 0.5) is 5.69 Å². The van der Waals surface area contributed by atoms with E-state index in [4.69, 9.17) is 10.00 Å². The monoisotopic (exact) mass is 448 g/mol. The van der Waals surface area contributed by atoms with Crippen molar-refractivity contribution in [1.82, 2.24) is 0 Å². The Morgan fingerprint density at radius 3 is 2.41 bits per heavy atom. The van der Waals surface area contributed by atoms with Crippen molar-refractivity contribution in [3.63, 3.8) is 0 Å². The number of carbonyl (C=O) groups excluding carboxylic acids is 1. The van der Waals surface area contributed by atoms with Crippen LogP contribution in [0.3, 0.4) is 0 Å². The molecule has 0 aromatic heterocycles. The van der Waals surface area contributed by atoms with Crippen LogP contribution in [0.5, 0.6) is 0 Å². The van der Waals surface area contributed by atoms with Gasteiger partial charge in [0.2, 0.25) is 0 Å². The summed E-state index contributed by atoms with van der Waals surface area (Å²) in [6.45, 7) is 0. The lowest BCUT2D eigenvalue weighted by Gasteiger charge is -2.17. The van der Waals surface area contributed by atoms with Gasteiger partial charge < -0.3 is 4.74 Å². The number of sulfonamides is 1. The number of anilines is 1. The number of esters is 1. The van der Waals surface area contributed by atoms with Crippen LogP contribution in [0, 0.1) is 11.3 Å². The highest BCUT2D eigenvalue weighted by Gasteiger charge is 2.18. The molecule has 0 heterocycles. The largest absolute Gasteiger partial charge is 0.469 e. The third-order valence-electron chi connectivity index (χ3n) is 5.17. The summed E-state index contributed by atoms with van der Waals surface area (Å²) in [5.74, 6) is -0.393. The lowest BCUT2D eigenvalue weighted by Crippen LogP contribution is -2.12. The average molecular weight is 449 g/mol. The van der Waals surface area contributed by atoms with Crippen molar-refractivity contribution in [2.75, 3.05) is 11.8 Å². The zero-order valence-corrected chi connectivity index (χ0v) is 18.5. The fourth-order valence-corrected chi connectivity index (χ4v) is 4.51. The first-order valence-electron chi connectivity index (χ1n) is 10.1. The lowest BCUT2D eigenvalue weighted by atomic mass is 9.89. The standard InChI is InChI=1S/C25H24N2O4S/c1-31-25(28)17-22(21-7-5-6-20(16-21)18-26)13-10-19-11-14-23(15-12-19)27-32(29,30)24-8-3-2-4-9-24/h2-9,11-12,14-16,22,27H,10,13,17H2,1H3. The molecular weight excluding hydrogens is 424 g/mol. The molecule has 0 saturated carbocycles. The van der Waals surface area contributed by atoms with Crippen LogP contribution in [-0.4, -0.2) is 21.5 Å². The highest BCUT2D eigenvalue weighted by Crippen LogP contribution is 2.27. The quantitative estimate of drug-likeness (QED) is 0.481. The van der Waals surface area contributed by atoms with E-state index in [1.807, 2.05) is 24.3 Å². The zero-order chi connectivity index (χ0) is 23.0. The van der Waals surface area contributed by atoms with E-state index in [0.717, 1.165) is 11.1 Å². The van der Waals surface area contributed by atoms with Gasteiger partial charge in [-0.15, -0.1) is 0 Å². The fourth-order valence-electron chi connectivity index (χ4n) is 3.43. The molecule has 7 heteroatoms. The summed E-state index contributed by atoms with van der Waals surface area (Å²) in [4.78, 5) is 12.1. The second-order valence-electron chi connectivity index (χ2n) is 7.37. The molecule has 1 atom stereocenters. The van der Waals surface area contributed by atoms with Gasteiger partial charge in [0.05, 0.1) is 30.1 Å². The van der Waals surface area contributed by atoms with E-state index in [1.54, 1.807) is 54.6 Å². The van der Waals surface area contributed by atoms with Crippen LogP contribution in [0.15, 0.2) is 83.8 Å². The van der Waals surface area contributed by atoms with Gasteiger partial charge in [0, 0.05) is 5.69 Å². The average Bonchev–Trinajstić information content (AvgIpc) is 2.83. The minimum atomic E-state index is -3.64. The molecule has 164 valence electrons. The first kappa shape index (κ1) is 23.0. The van der Waals surface area contributed by atoms with Gasteiger partial charge in [-0.2, -0.15) is 5.26 Å². The van der Waals surface area contributed by atoms with Gasteiger partial charge >= 0.3 is 5.97 Å². The van der Waals surface area contributed by atoms with E-state index in [9.17, 15) is 13.2 Å². The highest BCUT2D eigenvalue weighted by atomic mass is 32.2. The molecule has 3 rings (SSSR count). The van der Waals surface area contributed by atoms with E-state index in [0.29, 0.717) is 24.1 Å². The third-order valence-corrected chi connectivity index (χ3v) is 6.57. The molecule has 32 heavy (non-hydrogen) atoms. The number of aryl methyl sites for hydroxylation is 1. The number of hydrogen-bond acceptors (Lipinski definition) is 5. The molecule has 1 unspecified atom stereocenters. The number of carbonyl (C=O) groups is 1. The topological polar surface area (TPSA) is 96.3 Å². The summed E-state index contributed by atoms with van der Waals surface area (Å²) in [5.41, 5.74) is 2.96. The maximum Gasteiger partial charge on any atom is 0.306 e. The van der Waals surface area contributed by atoms with Crippen LogP contribution >= 0.6 is 0 Å². The molecular formula is C25H24N2O4S. The molecule has 0 radical (unpaired) electrons. The molecule has 1 N–H and O–H groups in total. The number of nitrogens with one attached hydrogen (secondary N) is 1. The van der Waals surface area contributed by atoms with Crippen LogP contribution in [0.1, 0.15) is 35.4 Å². The summed E-state index contributed by atoms with van der Waals surface area (Å²) in [6.07, 6.45) is 1.59. The Hall–Kier alpha value is -3.63. The molecule has 0 aliphatic rings. The van der Waals surface area contributed by atoms with E-state index < -0.39 is 10.0 Å². The van der Waals surface area contributed by atoms with Crippen molar-refractivity contribution in [3.8, 4) is 6.07 Å². The second kappa shape index (κ2) is 10.6. The number of hydrogen-bond donors (Lipinski definition) is 1. The predicted octanol–water partition coefficient (Wildman–Crippen LogP) is 4.64. The van der Waals surface area contributed by atoms with Gasteiger partial charge in [0.25, 0.3) is 10.0 Å². The Bertz CT molecular complexity index is 1200. The molecule has 0 aliphatic heterocycles. The number of ether oxygens (including phenoxy) is 1. The van der Waals surface area contributed by atoms with E-state index in [-0.39, 0.29) is 23.2 Å². The van der Waals surface area contributed by atoms with Crippen molar-refractivity contribution >= 4 is 21.7 Å². The Morgan fingerprint density at radius 2 is 1.75 bits per heavy atom. The molecule has 6 nitrogen and oxygen atoms in total. The fraction of sp³-hybridized carbons (Fsp3) is 0.200. The SMILES string of the molecule is COC(=O)CC(CCc1ccc(NS(=O)(=O)c2ccccc2)cc1)c1cccc(C#N)c1. The highest BCUT2D eigenvalue weighted by molar-refractivity contribution is 7.92. The Morgan fingerprint density at radius 1 is 1.03 bits per heavy atom. The predicted molar refractivity (Wildman–Crippen MR) is 123 cm³/mol. The maximum absolute atomic E-state index is 12.5. The molecule has 0 amide bonds. The smallest absolute Gasteiger partial charge is 0.306 e. The number of rotatable bonds is 9. The molecule has 0 spiro atoms. The van der Waals surface area contributed by atoms with Crippen molar-refractivity contribution in [3.05, 3.63) is 95.6 Å². The van der Waals surface area contributed by atoms with Gasteiger partial charge in [0.15, 0.2) is 0 Å². The van der Waals surface area contributed by atoms with E-state index in [2.05, 4.69) is 10.8 Å². The van der Waals surface area contributed by atoms with Gasteiger partial charge in [-0.05, 0) is 66.3 Å². The summed E-state index contributed by atoms with van der Waals surface area (Å²) < 4.78 is 32.3. The Kier molecular flexibility index (Phi) is 7.63. The van der Waals surface area contributed by atoms with Crippen LogP contribution in [-0.2, 0) is 26.0 Å². The molecule has 0 fully saturated rings. The Balaban J connectivity index is 1.69. The van der Waals surface area contributed by atoms with Gasteiger partial charge in [-0.1, -0.05) is 42.5 Å². The molecule has 0 bridgehead atoms. The van der Waals surface area contributed by atoms with Gasteiger partial charge in [-0.25, -0.2) is 8.42 Å². The summed E-state index contributed by atoms with van der Waals surface area (Å²) >= 11 is 0. The van der Waals surface area contributed by atoms with Crippen molar-refractivity contribution in [2.24, 2.45) is 0 Å².